The van der Waals surface area contributed by atoms with Crippen molar-refractivity contribution in [3.8, 4) is 0 Å². The highest BCUT2D eigenvalue weighted by Gasteiger charge is 2.28. The molecule has 1 aromatic rings. The second-order valence-corrected chi connectivity index (χ2v) is 3.90. The van der Waals surface area contributed by atoms with Crippen LogP contribution in [0.1, 0.15) is 18.9 Å². The van der Waals surface area contributed by atoms with Crippen molar-refractivity contribution in [2.75, 3.05) is 7.11 Å². The maximum absolute atomic E-state index is 11.4. The van der Waals surface area contributed by atoms with Crippen LogP contribution in [-0.4, -0.2) is 19.1 Å². The number of hydrogen-bond donors (Lipinski definition) is 0. The summed E-state index contributed by atoms with van der Waals surface area (Å²) in [6.45, 7) is 9.34. The third-order valence-corrected chi connectivity index (χ3v) is 2.64. The third-order valence-electron chi connectivity index (χ3n) is 2.64. The van der Waals surface area contributed by atoms with Gasteiger partial charge in [-0.1, -0.05) is 37.3 Å². The summed E-state index contributed by atoms with van der Waals surface area (Å²) in [5, 5.41) is 0. The van der Waals surface area contributed by atoms with Gasteiger partial charge in [-0.05, 0) is 12.0 Å². The molecule has 0 aliphatic rings. The van der Waals surface area contributed by atoms with Crippen LogP contribution in [0.2, 0.25) is 0 Å². The van der Waals surface area contributed by atoms with Crippen LogP contribution in [0.5, 0.6) is 0 Å². The molecule has 0 spiro atoms. The lowest BCUT2D eigenvalue weighted by molar-refractivity contribution is -0.140. The average molecular weight is 259 g/mol. The van der Waals surface area contributed by atoms with E-state index in [1.54, 1.807) is 0 Å². The van der Waals surface area contributed by atoms with Gasteiger partial charge in [-0.25, -0.2) is 11.4 Å². The Kier molecular flexibility index (Phi) is 6.17. The number of esters is 1. The fourth-order valence-corrected chi connectivity index (χ4v) is 1.56. The standard InChI is InChI=1S/C15H17NO3/c1-4-13(14(16-2)15(17)18-3)11-19-10-12-8-6-5-7-9-12/h5-9,11,14H,4,10H2,1,3H3/b13-11+. The van der Waals surface area contributed by atoms with Crippen LogP contribution in [0.15, 0.2) is 42.2 Å². The van der Waals surface area contributed by atoms with Crippen molar-refractivity contribution in [3.05, 3.63) is 59.1 Å². The Bertz CT molecular complexity index is 474. The number of hydrogen-bond acceptors (Lipinski definition) is 3. The number of benzene rings is 1. The maximum Gasteiger partial charge on any atom is 0.394 e. The van der Waals surface area contributed by atoms with E-state index in [4.69, 9.17) is 11.3 Å². The average Bonchev–Trinajstić information content (AvgIpc) is 2.47. The van der Waals surface area contributed by atoms with E-state index in [-0.39, 0.29) is 0 Å². The van der Waals surface area contributed by atoms with Gasteiger partial charge in [0.2, 0.25) is 0 Å². The second kappa shape index (κ2) is 7.93. The number of nitrogens with zero attached hydrogens (tertiary/aromatic N) is 1. The van der Waals surface area contributed by atoms with Gasteiger partial charge in [-0.2, -0.15) is 0 Å². The Hall–Kier alpha value is -2.28. The molecule has 1 aromatic carbocycles. The number of carbonyl (C=O) groups excluding carboxylic acids is 1. The summed E-state index contributed by atoms with van der Waals surface area (Å²) in [5.41, 5.74) is 1.66. The first-order chi connectivity index (χ1) is 9.22. The van der Waals surface area contributed by atoms with Crippen molar-refractivity contribution in [1.82, 2.24) is 0 Å². The molecule has 0 amide bonds. The van der Waals surface area contributed by atoms with E-state index in [1.165, 1.54) is 13.4 Å². The van der Waals surface area contributed by atoms with E-state index in [0.29, 0.717) is 18.6 Å². The molecule has 1 unspecified atom stereocenters. The fraction of sp³-hybridized carbons (Fsp3) is 0.333. The zero-order valence-electron chi connectivity index (χ0n) is 11.1. The van der Waals surface area contributed by atoms with E-state index in [1.807, 2.05) is 37.3 Å². The van der Waals surface area contributed by atoms with Gasteiger partial charge in [0.05, 0.1) is 18.9 Å². The molecule has 0 aliphatic carbocycles. The Morgan fingerprint density at radius 3 is 2.63 bits per heavy atom. The molecule has 0 aliphatic heterocycles. The topological polar surface area (TPSA) is 39.9 Å². The summed E-state index contributed by atoms with van der Waals surface area (Å²) in [7, 11) is 1.28. The third kappa shape index (κ3) is 4.47. The summed E-state index contributed by atoms with van der Waals surface area (Å²) >= 11 is 0. The highest BCUT2D eigenvalue weighted by Crippen LogP contribution is 2.14. The Morgan fingerprint density at radius 2 is 2.11 bits per heavy atom. The number of methoxy groups -OCH3 is 1. The molecule has 0 radical (unpaired) electrons. The van der Waals surface area contributed by atoms with E-state index in [2.05, 4.69) is 9.58 Å². The summed E-state index contributed by atoms with van der Waals surface area (Å²) in [6.07, 6.45) is 2.06. The molecular weight excluding hydrogens is 242 g/mol. The van der Waals surface area contributed by atoms with Crippen molar-refractivity contribution < 1.29 is 14.3 Å². The zero-order valence-corrected chi connectivity index (χ0v) is 11.1. The molecule has 4 nitrogen and oxygen atoms in total. The molecule has 0 bridgehead atoms. The molecule has 4 heteroatoms. The molecular formula is C15H17NO3. The van der Waals surface area contributed by atoms with Crippen LogP contribution in [0.25, 0.3) is 4.85 Å². The first-order valence-electron chi connectivity index (χ1n) is 6.01. The number of ether oxygens (including phenoxy) is 2. The Balaban J connectivity index is 2.66. The SMILES string of the molecule is [C-]#[N+]C(C(=O)OC)/C(=C/OCc1ccccc1)CC. The monoisotopic (exact) mass is 259 g/mol. The van der Waals surface area contributed by atoms with Gasteiger partial charge < -0.3 is 9.47 Å². The smallest absolute Gasteiger partial charge is 0.394 e. The van der Waals surface area contributed by atoms with Crippen molar-refractivity contribution >= 4 is 5.97 Å². The van der Waals surface area contributed by atoms with Crippen LogP contribution >= 0.6 is 0 Å². The largest absolute Gasteiger partial charge is 0.496 e. The molecule has 19 heavy (non-hydrogen) atoms. The van der Waals surface area contributed by atoms with Crippen molar-refractivity contribution in [1.29, 1.82) is 0 Å². The molecule has 100 valence electrons. The molecule has 0 N–H and O–H groups in total. The number of carbonyl (C=O) groups is 1. The highest BCUT2D eigenvalue weighted by molar-refractivity contribution is 5.81. The molecule has 0 aromatic heterocycles. The maximum atomic E-state index is 11.4. The first kappa shape index (κ1) is 14.8. The van der Waals surface area contributed by atoms with Gasteiger partial charge in [0, 0.05) is 0 Å². The molecule has 0 saturated heterocycles. The molecule has 0 fully saturated rings. The van der Waals surface area contributed by atoms with Crippen LogP contribution in [0, 0.1) is 6.57 Å². The van der Waals surface area contributed by atoms with E-state index < -0.39 is 12.0 Å². The quantitative estimate of drug-likeness (QED) is 0.448. The predicted molar refractivity (Wildman–Crippen MR) is 72.0 cm³/mol. The van der Waals surface area contributed by atoms with Crippen LogP contribution in [0.3, 0.4) is 0 Å². The van der Waals surface area contributed by atoms with Crippen molar-refractivity contribution in [2.45, 2.75) is 26.0 Å². The van der Waals surface area contributed by atoms with Crippen LogP contribution in [-0.2, 0) is 20.9 Å². The van der Waals surface area contributed by atoms with Crippen LogP contribution in [0.4, 0.5) is 0 Å². The Morgan fingerprint density at radius 1 is 1.42 bits per heavy atom. The lowest BCUT2D eigenvalue weighted by Gasteiger charge is -2.07. The lowest BCUT2D eigenvalue weighted by Crippen LogP contribution is -2.21. The summed E-state index contributed by atoms with van der Waals surface area (Å²) in [6, 6.07) is 8.78. The molecule has 1 rings (SSSR count). The van der Waals surface area contributed by atoms with E-state index in [0.717, 1.165) is 5.56 Å². The van der Waals surface area contributed by atoms with Gasteiger partial charge in [-0.3, -0.25) is 4.85 Å². The second-order valence-electron chi connectivity index (χ2n) is 3.90. The Labute approximate surface area is 113 Å². The van der Waals surface area contributed by atoms with Gasteiger partial charge in [0.25, 0.3) is 0 Å². The molecule has 1 atom stereocenters. The minimum Gasteiger partial charge on any atom is -0.496 e. The molecule has 0 saturated carbocycles. The van der Waals surface area contributed by atoms with E-state index in [9.17, 15) is 4.79 Å². The van der Waals surface area contributed by atoms with Gasteiger partial charge in [-0.15, -0.1) is 0 Å². The fourth-order valence-electron chi connectivity index (χ4n) is 1.56. The van der Waals surface area contributed by atoms with Crippen molar-refractivity contribution in [2.24, 2.45) is 0 Å². The highest BCUT2D eigenvalue weighted by atomic mass is 16.5. The van der Waals surface area contributed by atoms with Gasteiger partial charge >= 0.3 is 12.0 Å². The first-order valence-corrected chi connectivity index (χ1v) is 6.01. The zero-order chi connectivity index (χ0) is 14.1. The van der Waals surface area contributed by atoms with E-state index >= 15 is 0 Å². The summed E-state index contributed by atoms with van der Waals surface area (Å²) in [5.74, 6) is -0.550. The summed E-state index contributed by atoms with van der Waals surface area (Å²) < 4.78 is 10.0. The minimum atomic E-state index is -0.911. The minimum absolute atomic E-state index is 0.413. The predicted octanol–water partition coefficient (Wildman–Crippen LogP) is 2.96. The van der Waals surface area contributed by atoms with Gasteiger partial charge in [0.1, 0.15) is 6.61 Å². The van der Waals surface area contributed by atoms with Crippen molar-refractivity contribution in [3.63, 3.8) is 0 Å². The summed E-state index contributed by atoms with van der Waals surface area (Å²) in [4.78, 5) is 14.7. The van der Waals surface area contributed by atoms with Gasteiger partial charge in [0.15, 0.2) is 0 Å². The normalized spacial score (nSPS) is 12.4. The van der Waals surface area contributed by atoms with Crippen LogP contribution < -0.4 is 0 Å². The molecule has 0 heterocycles. The number of rotatable bonds is 6. The lowest BCUT2D eigenvalue weighted by atomic mass is 10.1.